The van der Waals surface area contributed by atoms with Gasteiger partial charge in [0.1, 0.15) is 5.75 Å². The van der Waals surface area contributed by atoms with E-state index in [9.17, 15) is 18.3 Å². The van der Waals surface area contributed by atoms with Gasteiger partial charge in [-0.3, -0.25) is 4.79 Å². The van der Waals surface area contributed by atoms with E-state index in [-0.39, 0.29) is 22.8 Å². The first-order valence-corrected chi connectivity index (χ1v) is 24.7. The average molecular weight is 854 g/mol. The zero-order valence-corrected chi connectivity index (χ0v) is 37.0. The molecule has 0 aromatic heterocycles. The lowest BCUT2D eigenvalue weighted by atomic mass is 9.68. The monoisotopic (exact) mass is 852 g/mol. The Hall–Kier alpha value is -4.19. The molecule has 0 saturated heterocycles. The van der Waals surface area contributed by atoms with Gasteiger partial charge in [0.05, 0.1) is 30.3 Å². The van der Waals surface area contributed by atoms with Gasteiger partial charge in [-0.05, 0) is 107 Å². The van der Waals surface area contributed by atoms with Crippen LogP contribution in [-0.2, 0) is 26.3 Å². The number of sulfonamides is 1. The van der Waals surface area contributed by atoms with E-state index >= 15 is 0 Å². The van der Waals surface area contributed by atoms with Crippen molar-refractivity contribution in [3.8, 4) is 5.75 Å². The van der Waals surface area contributed by atoms with Crippen LogP contribution in [0.1, 0.15) is 74.4 Å². The third-order valence-corrected chi connectivity index (χ3v) is 19.3. The van der Waals surface area contributed by atoms with Crippen LogP contribution in [0, 0.1) is 11.8 Å². The first-order chi connectivity index (χ1) is 28.2. The summed E-state index contributed by atoms with van der Waals surface area (Å²) in [6, 6.07) is 31.3. The maximum atomic E-state index is 14.0. The number of aryl methyl sites for hydroxylation is 1. The van der Waals surface area contributed by atoms with E-state index in [1.807, 2.05) is 66.7 Å². The number of nitrogens with one attached hydrogen (secondary N) is 1. The SMILES string of the molecule is C=CC[C@H](O)[C@@H]1CC[C@H]1CN1C[C@@]2(CCCc3cc(Cl)ccc32)COc2ccc(C(=O)NS(=O)(=O)C[C@@H](C=C)O[Si](c3ccccc3)(c3ccccc3)C(C)(C)C)cc21. The molecule has 0 bridgehead atoms. The van der Waals surface area contributed by atoms with Crippen LogP contribution in [0.3, 0.4) is 0 Å². The number of aliphatic hydroxyl groups is 1. The number of ether oxygens (including phenoxy) is 1. The molecule has 312 valence electrons. The topological polar surface area (TPSA) is 105 Å². The van der Waals surface area contributed by atoms with Crippen molar-refractivity contribution in [1.29, 1.82) is 0 Å². The number of fused-ring (bicyclic) bond motifs is 3. The molecule has 5 atom stereocenters. The summed E-state index contributed by atoms with van der Waals surface area (Å²) in [7, 11) is -7.36. The molecular weight excluding hydrogens is 796 g/mol. The smallest absolute Gasteiger partial charge is 0.264 e. The predicted octanol–water partition coefficient (Wildman–Crippen LogP) is 7.97. The van der Waals surface area contributed by atoms with Crippen molar-refractivity contribution >= 4 is 51.9 Å². The van der Waals surface area contributed by atoms with E-state index in [4.69, 9.17) is 20.8 Å². The molecule has 1 amide bonds. The van der Waals surface area contributed by atoms with Gasteiger partial charge < -0.3 is 19.2 Å². The Morgan fingerprint density at radius 2 is 1.73 bits per heavy atom. The summed E-state index contributed by atoms with van der Waals surface area (Å²) in [6.45, 7) is 16.0. The second-order valence-corrected chi connectivity index (χ2v) is 24.1. The number of hydrogen-bond donors (Lipinski definition) is 2. The number of aliphatic hydroxyl groups excluding tert-OH is 1. The molecule has 4 aromatic carbocycles. The fourth-order valence-electron chi connectivity index (χ4n) is 9.74. The number of benzene rings is 4. The molecule has 2 aliphatic carbocycles. The molecule has 1 saturated carbocycles. The standard InChI is InChI=1S/C48H57ClN2O6SSi/c1-6-15-44(52)41-24-21-36(41)30-51-32-48(27-14-16-34-28-37(49)23-25-42(34)48)33-56-45-26-22-35(29-43(45)51)46(53)50-58(54,55)31-38(7-2)57-59(47(3,4)5,39-17-10-8-11-18-39)40-19-12-9-13-20-40/h6-13,17-20,22-23,25-26,28-29,36,38,41,44,52H,1-2,14-16,21,24,27,30-33H2,3-5H3,(H,50,53)/t36-,38+,41+,44-,48-/m0/s1. The van der Waals surface area contributed by atoms with Crippen LogP contribution >= 0.6 is 11.6 Å². The minimum absolute atomic E-state index is 0.134. The normalized spacial score (nSPS) is 21.5. The van der Waals surface area contributed by atoms with Crippen LogP contribution < -0.4 is 24.7 Å². The number of hydrogen-bond acceptors (Lipinski definition) is 7. The minimum atomic E-state index is -4.22. The van der Waals surface area contributed by atoms with E-state index in [0.29, 0.717) is 36.9 Å². The summed E-state index contributed by atoms with van der Waals surface area (Å²) < 4.78 is 44.0. The van der Waals surface area contributed by atoms with Gasteiger partial charge in [-0.15, -0.1) is 13.2 Å². The van der Waals surface area contributed by atoms with Gasteiger partial charge in [0.15, 0.2) is 0 Å². The molecule has 1 aliphatic heterocycles. The Labute approximate surface area is 356 Å². The van der Waals surface area contributed by atoms with Gasteiger partial charge in [0.25, 0.3) is 14.2 Å². The second kappa shape index (κ2) is 17.4. The quantitative estimate of drug-likeness (QED) is 0.0981. The Morgan fingerprint density at radius 1 is 1.03 bits per heavy atom. The maximum absolute atomic E-state index is 14.0. The second-order valence-electron chi connectivity index (χ2n) is 17.6. The van der Waals surface area contributed by atoms with Crippen LogP contribution in [-0.4, -0.2) is 65.4 Å². The molecule has 0 radical (unpaired) electrons. The molecule has 8 nitrogen and oxygen atoms in total. The van der Waals surface area contributed by atoms with Crippen molar-refractivity contribution in [2.45, 2.75) is 82.0 Å². The summed E-state index contributed by atoms with van der Waals surface area (Å²) in [5, 5.41) is 13.3. The largest absolute Gasteiger partial charge is 0.490 e. The molecule has 2 N–H and O–H groups in total. The van der Waals surface area contributed by atoms with Crippen LogP contribution in [0.5, 0.6) is 5.75 Å². The summed E-state index contributed by atoms with van der Waals surface area (Å²) in [6.07, 6.45) is 7.21. The highest BCUT2D eigenvalue weighted by Crippen LogP contribution is 2.47. The fraction of sp³-hybridized carbons (Fsp3) is 0.396. The first-order valence-electron chi connectivity index (χ1n) is 20.7. The Kier molecular flexibility index (Phi) is 12.7. The third kappa shape index (κ3) is 8.84. The number of carbonyl (C=O) groups excluding carboxylic acids is 1. The number of rotatable bonds is 14. The highest BCUT2D eigenvalue weighted by molar-refractivity contribution is 7.90. The summed E-state index contributed by atoms with van der Waals surface area (Å²) in [5.74, 6) is -0.231. The lowest BCUT2D eigenvalue weighted by Gasteiger charge is -2.45. The third-order valence-electron chi connectivity index (χ3n) is 12.8. The van der Waals surface area contributed by atoms with Crippen molar-refractivity contribution in [3.05, 3.63) is 144 Å². The van der Waals surface area contributed by atoms with E-state index in [1.165, 1.54) is 17.2 Å². The van der Waals surface area contributed by atoms with Gasteiger partial charge in [-0.2, -0.15) is 0 Å². The lowest BCUT2D eigenvalue weighted by Crippen LogP contribution is -2.68. The summed E-state index contributed by atoms with van der Waals surface area (Å²) in [5.41, 5.74) is 3.06. The highest BCUT2D eigenvalue weighted by Gasteiger charge is 2.52. The van der Waals surface area contributed by atoms with Gasteiger partial charge in [-0.25, -0.2) is 13.1 Å². The predicted molar refractivity (Wildman–Crippen MR) is 241 cm³/mol. The zero-order chi connectivity index (χ0) is 42.0. The van der Waals surface area contributed by atoms with Gasteiger partial charge in [0, 0.05) is 29.1 Å². The molecule has 1 spiro atoms. The van der Waals surface area contributed by atoms with Crippen molar-refractivity contribution in [2.75, 3.05) is 30.3 Å². The Morgan fingerprint density at radius 3 is 2.34 bits per heavy atom. The van der Waals surface area contributed by atoms with Crippen LogP contribution in [0.2, 0.25) is 10.1 Å². The number of nitrogens with zero attached hydrogens (tertiary/aromatic N) is 1. The van der Waals surface area contributed by atoms with Crippen molar-refractivity contribution < 1.29 is 27.5 Å². The molecule has 3 aliphatic rings. The Bertz CT molecular complexity index is 2230. The minimum Gasteiger partial charge on any atom is -0.490 e. The summed E-state index contributed by atoms with van der Waals surface area (Å²) >= 11 is 6.47. The number of halogens is 1. The molecular formula is C48H57ClN2O6SSi. The zero-order valence-electron chi connectivity index (χ0n) is 34.4. The van der Waals surface area contributed by atoms with Crippen molar-refractivity contribution in [2.24, 2.45) is 11.8 Å². The Balaban J connectivity index is 1.17. The first kappa shape index (κ1) is 42.9. The van der Waals surface area contributed by atoms with Crippen molar-refractivity contribution in [1.82, 2.24) is 4.72 Å². The molecule has 1 fully saturated rings. The fourth-order valence-corrected chi connectivity index (χ4v) is 15.8. The summed E-state index contributed by atoms with van der Waals surface area (Å²) in [4.78, 5) is 16.3. The molecule has 7 rings (SSSR count). The van der Waals surface area contributed by atoms with Crippen LogP contribution in [0.4, 0.5) is 5.69 Å². The molecule has 4 aromatic rings. The molecule has 1 heterocycles. The maximum Gasteiger partial charge on any atom is 0.264 e. The van der Waals surface area contributed by atoms with E-state index < -0.39 is 47.2 Å². The molecule has 0 unspecified atom stereocenters. The van der Waals surface area contributed by atoms with Gasteiger partial charge >= 0.3 is 0 Å². The van der Waals surface area contributed by atoms with Crippen LogP contribution in [0.25, 0.3) is 0 Å². The molecule has 11 heteroatoms. The molecule has 59 heavy (non-hydrogen) atoms. The average Bonchev–Trinajstić information content (AvgIpc) is 3.34. The van der Waals surface area contributed by atoms with Gasteiger partial charge in [-0.1, -0.05) is 111 Å². The van der Waals surface area contributed by atoms with E-state index in [1.54, 1.807) is 24.3 Å². The van der Waals surface area contributed by atoms with Crippen LogP contribution in [0.15, 0.2) is 122 Å². The van der Waals surface area contributed by atoms with E-state index in [0.717, 1.165) is 48.2 Å². The number of amides is 1. The van der Waals surface area contributed by atoms with E-state index in [2.05, 4.69) is 55.7 Å². The highest BCUT2D eigenvalue weighted by atomic mass is 35.5. The number of carbonyl (C=O) groups is 1. The van der Waals surface area contributed by atoms with Crippen molar-refractivity contribution in [3.63, 3.8) is 0 Å². The number of anilines is 1. The lowest BCUT2D eigenvalue weighted by molar-refractivity contribution is 0.0178. The van der Waals surface area contributed by atoms with Gasteiger partial charge in [0.2, 0.25) is 10.0 Å².